The molecule has 166 valence electrons. The number of esters is 1. The molecule has 0 saturated heterocycles. The fraction of sp³-hybridized carbons (Fsp3) is 0.885. The molecular weight excluding hydrogens is 344 g/mol. The van der Waals surface area contributed by atoms with Crippen molar-refractivity contribution in [3.63, 3.8) is 0 Å². The van der Waals surface area contributed by atoms with Crippen molar-refractivity contribution in [1.29, 1.82) is 0 Å². The summed E-state index contributed by atoms with van der Waals surface area (Å²) in [7, 11) is 0. The third kappa shape index (κ3) is 21.5. The average Bonchev–Trinajstić information content (AvgIpc) is 2.67. The Hall–Kier alpha value is -0.790. The molecule has 0 aromatic carbocycles. The number of allylic oxidation sites excluding steroid dienone is 2. The fourth-order valence-corrected chi connectivity index (χ4v) is 3.42. The lowest BCUT2D eigenvalue weighted by Gasteiger charge is -2.07. The molecule has 2 nitrogen and oxygen atoms in total. The van der Waals surface area contributed by atoms with E-state index in [4.69, 9.17) is 4.74 Å². The predicted molar refractivity (Wildman–Crippen MR) is 124 cm³/mol. The molecule has 0 saturated carbocycles. The zero-order valence-electron chi connectivity index (χ0n) is 19.6. The van der Waals surface area contributed by atoms with Gasteiger partial charge in [-0.2, -0.15) is 0 Å². The molecule has 0 aliphatic heterocycles. The second-order valence-electron chi connectivity index (χ2n) is 9.05. The van der Waals surface area contributed by atoms with Gasteiger partial charge in [0.05, 0.1) is 6.61 Å². The molecule has 2 heteroatoms. The first-order chi connectivity index (χ1) is 13.6. The van der Waals surface area contributed by atoms with E-state index in [0.717, 1.165) is 18.8 Å². The summed E-state index contributed by atoms with van der Waals surface area (Å²) in [5.74, 6) is 1.17. The van der Waals surface area contributed by atoms with Crippen molar-refractivity contribution in [3.05, 3.63) is 12.2 Å². The number of ether oxygens (including phenoxy) is 1. The molecule has 0 bridgehead atoms. The maximum atomic E-state index is 11.5. The van der Waals surface area contributed by atoms with Gasteiger partial charge in [0.25, 0.3) is 0 Å². The van der Waals surface area contributed by atoms with Crippen LogP contribution in [0.2, 0.25) is 0 Å². The number of hydrogen-bond acceptors (Lipinski definition) is 2. The van der Waals surface area contributed by atoms with E-state index in [1.807, 2.05) is 0 Å². The van der Waals surface area contributed by atoms with Crippen LogP contribution in [0.25, 0.3) is 0 Å². The van der Waals surface area contributed by atoms with Crippen molar-refractivity contribution < 1.29 is 9.53 Å². The van der Waals surface area contributed by atoms with E-state index in [0.29, 0.717) is 18.9 Å². The van der Waals surface area contributed by atoms with Crippen LogP contribution in [0.4, 0.5) is 0 Å². The topological polar surface area (TPSA) is 26.3 Å². The van der Waals surface area contributed by atoms with Crippen molar-refractivity contribution in [3.8, 4) is 0 Å². The van der Waals surface area contributed by atoms with Crippen molar-refractivity contribution >= 4 is 5.97 Å². The summed E-state index contributed by atoms with van der Waals surface area (Å²) < 4.78 is 5.20. The van der Waals surface area contributed by atoms with Gasteiger partial charge in [0.2, 0.25) is 0 Å². The second kappa shape index (κ2) is 20.9. The van der Waals surface area contributed by atoms with Gasteiger partial charge in [-0.25, -0.2) is 0 Å². The molecule has 0 radical (unpaired) electrons. The van der Waals surface area contributed by atoms with Gasteiger partial charge in [0.15, 0.2) is 0 Å². The van der Waals surface area contributed by atoms with Crippen LogP contribution < -0.4 is 0 Å². The minimum atomic E-state index is -0.0198. The molecule has 0 rings (SSSR count). The van der Waals surface area contributed by atoms with Gasteiger partial charge in [-0.15, -0.1) is 0 Å². The quantitative estimate of drug-likeness (QED) is 0.117. The van der Waals surface area contributed by atoms with Crippen LogP contribution in [-0.4, -0.2) is 12.6 Å². The highest BCUT2D eigenvalue weighted by Gasteiger charge is 2.03. The molecule has 0 aliphatic rings. The number of rotatable bonds is 20. The molecule has 0 aliphatic carbocycles. The summed E-state index contributed by atoms with van der Waals surface area (Å²) in [5.41, 5.74) is 0. The second-order valence-corrected chi connectivity index (χ2v) is 9.05. The predicted octanol–water partition coefficient (Wildman–Crippen LogP) is 8.64. The van der Waals surface area contributed by atoms with E-state index >= 15 is 0 Å². The van der Waals surface area contributed by atoms with Gasteiger partial charge in [-0.05, 0) is 37.5 Å². The first-order valence-electron chi connectivity index (χ1n) is 12.4. The standard InChI is InChI=1S/C26H50O2/c1-5-6-7-17-20-25(4)21-18-15-13-11-9-8-10-12-14-16-19-22-26(27)28-23-24(2)3/h18,21,24-25H,5-17,19-20,22-23H2,1-4H3/b21-18-. The fourth-order valence-electron chi connectivity index (χ4n) is 3.42. The molecule has 0 aromatic rings. The van der Waals surface area contributed by atoms with Crippen LogP contribution in [0.5, 0.6) is 0 Å². The van der Waals surface area contributed by atoms with Gasteiger partial charge >= 0.3 is 5.97 Å². The number of carbonyl (C=O) groups is 1. The van der Waals surface area contributed by atoms with Crippen LogP contribution in [0.3, 0.4) is 0 Å². The van der Waals surface area contributed by atoms with E-state index in [-0.39, 0.29) is 5.97 Å². The number of unbranched alkanes of at least 4 members (excludes halogenated alkanes) is 12. The molecule has 1 unspecified atom stereocenters. The highest BCUT2D eigenvalue weighted by molar-refractivity contribution is 5.69. The van der Waals surface area contributed by atoms with Crippen molar-refractivity contribution in [2.45, 2.75) is 130 Å². The molecule has 1 atom stereocenters. The Labute approximate surface area is 176 Å². The van der Waals surface area contributed by atoms with Crippen LogP contribution in [0.1, 0.15) is 130 Å². The number of carbonyl (C=O) groups excluding carboxylic acids is 1. The molecule has 0 aromatic heterocycles. The summed E-state index contributed by atoms with van der Waals surface area (Å²) in [5, 5.41) is 0. The Morgan fingerprint density at radius 3 is 1.96 bits per heavy atom. The maximum absolute atomic E-state index is 11.5. The largest absolute Gasteiger partial charge is 0.465 e. The smallest absolute Gasteiger partial charge is 0.305 e. The molecule has 0 N–H and O–H groups in total. The lowest BCUT2D eigenvalue weighted by molar-refractivity contribution is -0.144. The van der Waals surface area contributed by atoms with E-state index in [2.05, 4.69) is 39.8 Å². The third-order valence-corrected chi connectivity index (χ3v) is 5.31. The minimum absolute atomic E-state index is 0.0198. The zero-order valence-corrected chi connectivity index (χ0v) is 19.6. The Morgan fingerprint density at radius 2 is 1.36 bits per heavy atom. The van der Waals surface area contributed by atoms with Crippen molar-refractivity contribution in [2.24, 2.45) is 11.8 Å². The average molecular weight is 395 g/mol. The Kier molecular flexibility index (Phi) is 20.3. The minimum Gasteiger partial charge on any atom is -0.465 e. The van der Waals surface area contributed by atoms with Gasteiger partial charge in [0.1, 0.15) is 0 Å². The molecule has 0 spiro atoms. The normalized spacial score (nSPS) is 12.8. The number of hydrogen-bond donors (Lipinski definition) is 0. The molecular formula is C26H50O2. The maximum Gasteiger partial charge on any atom is 0.305 e. The molecule has 0 amide bonds. The summed E-state index contributed by atoms with van der Waals surface area (Å²) in [6.07, 6.45) is 25.1. The summed E-state index contributed by atoms with van der Waals surface area (Å²) in [6, 6.07) is 0. The molecule has 0 heterocycles. The highest BCUT2D eigenvalue weighted by atomic mass is 16.5. The lowest BCUT2D eigenvalue weighted by atomic mass is 10.0. The Bertz CT molecular complexity index is 359. The zero-order chi connectivity index (χ0) is 20.9. The van der Waals surface area contributed by atoms with E-state index in [9.17, 15) is 4.79 Å². The van der Waals surface area contributed by atoms with Gasteiger partial charge in [-0.1, -0.05) is 110 Å². The van der Waals surface area contributed by atoms with Crippen LogP contribution in [0.15, 0.2) is 12.2 Å². The summed E-state index contributed by atoms with van der Waals surface area (Å²) in [4.78, 5) is 11.5. The van der Waals surface area contributed by atoms with Crippen LogP contribution in [-0.2, 0) is 9.53 Å². The molecule has 28 heavy (non-hydrogen) atoms. The van der Waals surface area contributed by atoms with Crippen LogP contribution >= 0.6 is 0 Å². The van der Waals surface area contributed by atoms with Gasteiger partial charge in [0, 0.05) is 6.42 Å². The van der Waals surface area contributed by atoms with Gasteiger partial charge < -0.3 is 4.74 Å². The van der Waals surface area contributed by atoms with E-state index < -0.39 is 0 Å². The molecule has 0 fully saturated rings. The van der Waals surface area contributed by atoms with Crippen molar-refractivity contribution in [2.75, 3.05) is 6.61 Å². The Morgan fingerprint density at radius 1 is 0.786 bits per heavy atom. The third-order valence-electron chi connectivity index (χ3n) is 5.31. The first kappa shape index (κ1) is 27.2. The summed E-state index contributed by atoms with van der Waals surface area (Å²) >= 11 is 0. The van der Waals surface area contributed by atoms with Crippen LogP contribution in [0, 0.1) is 11.8 Å². The lowest BCUT2D eigenvalue weighted by Crippen LogP contribution is -2.09. The van der Waals surface area contributed by atoms with E-state index in [1.165, 1.54) is 83.5 Å². The SMILES string of the molecule is CCCCCCC(C)/C=C\CCCCCCCCCCCC(=O)OCC(C)C. The monoisotopic (exact) mass is 394 g/mol. The highest BCUT2D eigenvalue weighted by Crippen LogP contribution is 2.14. The summed E-state index contributed by atoms with van der Waals surface area (Å²) in [6.45, 7) is 9.34. The Balaban J connectivity index is 3.27. The van der Waals surface area contributed by atoms with Crippen molar-refractivity contribution in [1.82, 2.24) is 0 Å². The van der Waals surface area contributed by atoms with Gasteiger partial charge in [-0.3, -0.25) is 4.79 Å². The van der Waals surface area contributed by atoms with E-state index in [1.54, 1.807) is 0 Å². The first-order valence-corrected chi connectivity index (χ1v) is 12.4.